The summed E-state index contributed by atoms with van der Waals surface area (Å²) in [5.41, 5.74) is 6.58. The van der Waals surface area contributed by atoms with Gasteiger partial charge in [0.15, 0.2) is 0 Å². The summed E-state index contributed by atoms with van der Waals surface area (Å²) in [4.78, 5) is 15.3. The van der Waals surface area contributed by atoms with Crippen molar-refractivity contribution in [2.75, 3.05) is 0 Å². The van der Waals surface area contributed by atoms with Gasteiger partial charge in [-0.05, 0) is 50.2 Å². The zero-order chi connectivity index (χ0) is 13.5. The Morgan fingerprint density at radius 3 is 2.68 bits per heavy atom. The summed E-state index contributed by atoms with van der Waals surface area (Å²) < 4.78 is 5.90. The summed E-state index contributed by atoms with van der Waals surface area (Å²) >= 11 is 0. The number of rotatable bonds is 4. The summed E-state index contributed by atoms with van der Waals surface area (Å²) in [6.07, 6.45) is 8.55. The molecule has 1 heterocycles. The molecule has 0 saturated heterocycles. The Morgan fingerprint density at radius 2 is 2.21 bits per heavy atom. The van der Waals surface area contributed by atoms with Crippen molar-refractivity contribution in [2.24, 2.45) is 11.1 Å². The summed E-state index contributed by atoms with van der Waals surface area (Å²) in [7, 11) is 0. The van der Waals surface area contributed by atoms with Gasteiger partial charge < -0.3 is 10.5 Å². The highest BCUT2D eigenvalue weighted by Crippen LogP contribution is 2.56. The Hall–Kier alpha value is -1.58. The van der Waals surface area contributed by atoms with Crippen LogP contribution in [0.5, 0.6) is 5.75 Å². The van der Waals surface area contributed by atoms with Gasteiger partial charge in [0.2, 0.25) is 5.91 Å². The number of primary amides is 1. The molecule has 0 aliphatic heterocycles. The van der Waals surface area contributed by atoms with E-state index in [-0.39, 0.29) is 11.8 Å². The minimum absolute atomic E-state index is 0.349. The zero-order valence-corrected chi connectivity index (χ0v) is 11.3. The molecule has 19 heavy (non-hydrogen) atoms. The summed E-state index contributed by atoms with van der Waals surface area (Å²) in [6.45, 7) is 1.76. The summed E-state index contributed by atoms with van der Waals surface area (Å²) in [5.74, 6) is 0.0858. The maximum absolute atomic E-state index is 11.1. The van der Waals surface area contributed by atoms with Crippen molar-refractivity contribution in [3.05, 3.63) is 24.0 Å². The van der Waals surface area contributed by atoms with Crippen molar-refractivity contribution in [2.45, 2.75) is 51.0 Å². The number of nitrogens with two attached hydrogens (primary N) is 1. The summed E-state index contributed by atoms with van der Waals surface area (Å²) in [5, 5.41) is 0. The molecule has 4 heteroatoms. The normalized spacial score (nSPS) is 22.4. The molecular formula is C15H20N2O2. The van der Waals surface area contributed by atoms with Gasteiger partial charge in [-0.3, -0.25) is 9.78 Å². The van der Waals surface area contributed by atoms with Crippen LogP contribution in [0.4, 0.5) is 0 Å². The SMILES string of the molecule is CC(C(N)=O)c1ccc(OC2CC3(CCC3)C2)cn1. The predicted molar refractivity (Wildman–Crippen MR) is 71.8 cm³/mol. The number of amides is 1. The average molecular weight is 260 g/mol. The van der Waals surface area contributed by atoms with Crippen molar-refractivity contribution in [1.29, 1.82) is 0 Å². The number of carbonyl (C=O) groups is 1. The third kappa shape index (κ3) is 2.31. The van der Waals surface area contributed by atoms with Crippen molar-refractivity contribution in [1.82, 2.24) is 4.98 Å². The molecule has 0 radical (unpaired) electrons. The lowest BCUT2D eigenvalue weighted by Crippen LogP contribution is -2.48. The van der Waals surface area contributed by atoms with Gasteiger partial charge in [0.25, 0.3) is 0 Å². The highest BCUT2D eigenvalue weighted by molar-refractivity contribution is 5.80. The molecule has 3 rings (SSSR count). The molecule has 1 unspecified atom stereocenters. The second kappa shape index (κ2) is 4.51. The predicted octanol–water partition coefficient (Wildman–Crippen LogP) is 2.38. The number of pyridine rings is 1. The van der Waals surface area contributed by atoms with Crippen LogP contribution in [0.1, 0.15) is 50.6 Å². The quantitative estimate of drug-likeness (QED) is 0.904. The fourth-order valence-electron chi connectivity index (χ4n) is 3.13. The maximum Gasteiger partial charge on any atom is 0.226 e. The smallest absolute Gasteiger partial charge is 0.226 e. The van der Waals surface area contributed by atoms with Crippen LogP contribution < -0.4 is 10.5 Å². The first-order valence-electron chi connectivity index (χ1n) is 7.00. The van der Waals surface area contributed by atoms with Gasteiger partial charge in [-0.25, -0.2) is 0 Å². The highest BCUT2D eigenvalue weighted by atomic mass is 16.5. The third-order valence-corrected chi connectivity index (χ3v) is 4.67. The molecule has 0 aromatic carbocycles. The van der Waals surface area contributed by atoms with E-state index in [1.54, 1.807) is 13.1 Å². The van der Waals surface area contributed by atoms with E-state index in [4.69, 9.17) is 10.5 Å². The van der Waals surface area contributed by atoms with Crippen molar-refractivity contribution in [3.8, 4) is 5.75 Å². The number of hydrogen-bond donors (Lipinski definition) is 1. The lowest BCUT2D eigenvalue weighted by atomic mass is 9.55. The van der Waals surface area contributed by atoms with E-state index in [1.807, 2.05) is 12.1 Å². The van der Waals surface area contributed by atoms with E-state index in [1.165, 1.54) is 32.1 Å². The Balaban J connectivity index is 1.56. The van der Waals surface area contributed by atoms with Gasteiger partial charge in [-0.2, -0.15) is 0 Å². The molecule has 2 N–H and O–H groups in total. The molecule has 4 nitrogen and oxygen atoms in total. The van der Waals surface area contributed by atoms with Gasteiger partial charge >= 0.3 is 0 Å². The second-order valence-corrected chi connectivity index (χ2v) is 6.04. The van der Waals surface area contributed by atoms with Crippen LogP contribution in [-0.2, 0) is 4.79 Å². The third-order valence-electron chi connectivity index (χ3n) is 4.67. The number of ether oxygens (including phenoxy) is 1. The Labute approximate surface area is 113 Å². The van der Waals surface area contributed by atoms with E-state index in [0.717, 1.165) is 5.75 Å². The van der Waals surface area contributed by atoms with E-state index in [2.05, 4.69) is 4.98 Å². The molecule has 1 amide bonds. The fourth-order valence-corrected chi connectivity index (χ4v) is 3.13. The van der Waals surface area contributed by atoms with E-state index < -0.39 is 0 Å². The van der Waals surface area contributed by atoms with Gasteiger partial charge in [0.1, 0.15) is 5.75 Å². The van der Waals surface area contributed by atoms with Crippen LogP contribution in [-0.4, -0.2) is 17.0 Å². The minimum atomic E-state index is -0.355. The molecule has 2 aliphatic rings. The topological polar surface area (TPSA) is 65.2 Å². The van der Waals surface area contributed by atoms with E-state index >= 15 is 0 Å². The number of nitrogens with zero attached hydrogens (tertiary/aromatic N) is 1. The number of hydrogen-bond acceptors (Lipinski definition) is 3. The Morgan fingerprint density at radius 1 is 1.47 bits per heavy atom. The molecule has 1 atom stereocenters. The summed E-state index contributed by atoms with van der Waals surface area (Å²) in [6, 6.07) is 3.70. The van der Waals surface area contributed by atoms with Gasteiger partial charge in [0.05, 0.1) is 23.9 Å². The first-order valence-corrected chi connectivity index (χ1v) is 7.00. The van der Waals surface area contributed by atoms with Crippen LogP contribution in [0.2, 0.25) is 0 Å². The average Bonchev–Trinajstić information content (AvgIpc) is 2.30. The molecule has 0 bridgehead atoms. The number of carbonyl (C=O) groups excluding carboxylic acids is 1. The lowest BCUT2D eigenvalue weighted by Gasteiger charge is -2.53. The van der Waals surface area contributed by atoms with Crippen LogP contribution in [0.25, 0.3) is 0 Å². The van der Waals surface area contributed by atoms with E-state index in [0.29, 0.717) is 17.2 Å². The Kier molecular flexibility index (Phi) is 2.96. The molecule has 2 fully saturated rings. The fraction of sp³-hybridized carbons (Fsp3) is 0.600. The van der Waals surface area contributed by atoms with Crippen LogP contribution in [0.3, 0.4) is 0 Å². The van der Waals surface area contributed by atoms with Crippen LogP contribution in [0, 0.1) is 5.41 Å². The monoisotopic (exact) mass is 260 g/mol. The zero-order valence-electron chi connectivity index (χ0n) is 11.3. The molecule has 1 aromatic rings. The number of aromatic nitrogens is 1. The van der Waals surface area contributed by atoms with Crippen LogP contribution in [0.15, 0.2) is 18.3 Å². The minimum Gasteiger partial charge on any atom is -0.489 e. The van der Waals surface area contributed by atoms with Crippen molar-refractivity contribution < 1.29 is 9.53 Å². The van der Waals surface area contributed by atoms with Gasteiger partial charge in [-0.1, -0.05) is 6.42 Å². The highest BCUT2D eigenvalue weighted by Gasteiger charge is 2.49. The largest absolute Gasteiger partial charge is 0.489 e. The maximum atomic E-state index is 11.1. The molecule has 1 aromatic heterocycles. The molecule has 1 spiro atoms. The molecule has 102 valence electrons. The van der Waals surface area contributed by atoms with Gasteiger partial charge in [0, 0.05) is 0 Å². The Bertz CT molecular complexity index is 471. The molecule has 2 saturated carbocycles. The van der Waals surface area contributed by atoms with Crippen molar-refractivity contribution >= 4 is 5.91 Å². The molecular weight excluding hydrogens is 240 g/mol. The van der Waals surface area contributed by atoms with Crippen molar-refractivity contribution in [3.63, 3.8) is 0 Å². The van der Waals surface area contributed by atoms with Crippen LogP contribution >= 0.6 is 0 Å². The standard InChI is InChI=1S/C15H20N2O2/c1-10(14(16)18)13-4-3-11(9-17-13)19-12-7-15(8-12)5-2-6-15/h3-4,9-10,12H,2,5-8H2,1H3,(H2,16,18). The second-order valence-electron chi connectivity index (χ2n) is 6.04. The first-order chi connectivity index (χ1) is 9.08. The molecule has 2 aliphatic carbocycles. The lowest BCUT2D eigenvalue weighted by molar-refractivity contribution is -0.119. The first kappa shape index (κ1) is 12.5. The van der Waals surface area contributed by atoms with E-state index in [9.17, 15) is 4.79 Å². The van der Waals surface area contributed by atoms with Gasteiger partial charge in [-0.15, -0.1) is 0 Å².